The summed E-state index contributed by atoms with van der Waals surface area (Å²) in [7, 11) is 0. The molecule has 2 atom stereocenters. The summed E-state index contributed by atoms with van der Waals surface area (Å²) in [6.45, 7) is 3.54. The van der Waals surface area contributed by atoms with Gasteiger partial charge in [-0.15, -0.1) is 0 Å². The molecule has 0 aliphatic carbocycles. The number of unbranched alkanes of at least 4 members (excludes halogenated alkanes) is 10. The van der Waals surface area contributed by atoms with Crippen molar-refractivity contribution in [3.63, 3.8) is 0 Å². The molecule has 138 valence electrons. The molecule has 0 bridgehead atoms. The maximum Gasteiger partial charge on any atom is 0.302 e. The van der Waals surface area contributed by atoms with Crippen molar-refractivity contribution in [2.75, 3.05) is 6.61 Å². The van der Waals surface area contributed by atoms with Gasteiger partial charge in [0, 0.05) is 13.3 Å². The lowest BCUT2D eigenvalue weighted by atomic mass is 10.0. The van der Waals surface area contributed by atoms with Gasteiger partial charge in [0.05, 0.1) is 12.2 Å². The van der Waals surface area contributed by atoms with Gasteiger partial charge in [0.15, 0.2) is 0 Å². The first-order valence-electron chi connectivity index (χ1n) is 9.55. The second kappa shape index (κ2) is 16.3. The van der Waals surface area contributed by atoms with E-state index in [0.29, 0.717) is 6.42 Å². The van der Waals surface area contributed by atoms with E-state index in [4.69, 9.17) is 4.74 Å². The minimum absolute atomic E-state index is 0.0232. The average Bonchev–Trinajstić information content (AvgIpc) is 2.50. The van der Waals surface area contributed by atoms with E-state index in [0.717, 1.165) is 12.8 Å². The Hall–Kier alpha value is -0.610. The third kappa shape index (κ3) is 17.6. The molecule has 23 heavy (non-hydrogen) atoms. The number of aliphatic hydroxyl groups excluding tert-OH is 2. The molecule has 0 heterocycles. The standard InChI is InChI=1S/C19H38O4/c1-3-4-5-6-7-8-9-10-11-12-13-14-18(21)15-19(22)16-23-17(2)20/h18-19,21-22H,3-16H2,1-2H3/t18-,19+/m1/s1. The summed E-state index contributed by atoms with van der Waals surface area (Å²) in [5.74, 6) is -0.399. The molecule has 0 aromatic heterocycles. The van der Waals surface area contributed by atoms with Crippen molar-refractivity contribution >= 4 is 5.97 Å². The van der Waals surface area contributed by atoms with E-state index in [1.165, 1.54) is 64.7 Å². The molecule has 0 radical (unpaired) electrons. The zero-order valence-electron chi connectivity index (χ0n) is 15.3. The molecule has 0 saturated carbocycles. The number of aliphatic hydroxyl groups is 2. The van der Waals surface area contributed by atoms with E-state index in [9.17, 15) is 15.0 Å². The third-order valence-corrected chi connectivity index (χ3v) is 4.16. The Morgan fingerprint density at radius 2 is 1.30 bits per heavy atom. The van der Waals surface area contributed by atoms with E-state index < -0.39 is 18.2 Å². The van der Waals surface area contributed by atoms with Crippen molar-refractivity contribution in [3.8, 4) is 0 Å². The SMILES string of the molecule is CCCCCCCCCCCCC[C@@H](O)C[C@H](O)COC(C)=O. The first-order chi connectivity index (χ1) is 11.1. The molecule has 0 saturated heterocycles. The summed E-state index contributed by atoms with van der Waals surface area (Å²) < 4.78 is 4.72. The first kappa shape index (κ1) is 22.4. The highest BCUT2D eigenvalue weighted by Gasteiger charge is 2.12. The highest BCUT2D eigenvalue weighted by Crippen LogP contribution is 2.13. The summed E-state index contributed by atoms with van der Waals surface area (Å²) in [5, 5.41) is 19.4. The number of rotatable bonds is 16. The largest absolute Gasteiger partial charge is 0.463 e. The van der Waals surface area contributed by atoms with E-state index >= 15 is 0 Å². The molecule has 0 amide bonds. The van der Waals surface area contributed by atoms with Crippen molar-refractivity contribution in [1.29, 1.82) is 0 Å². The predicted molar refractivity (Wildman–Crippen MR) is 94.3 cm³/mol. The van der Waals surface area contributed by atoms with Crippen molar-refractivity contribution in [1.82, 2.24) is 0 Å². The highest BCUT2D eigenvalue weighted by atomic mass is 16.5. The number of esters is 1. The molecule has 0 spiro atoms. The molecule has 0 aromatic rings. The lowest BCUT2D eigenvalue weighted by Crippen LogP contribution is -2.23. The van der Waals surface area contributed by atoms with Gasteiger partial charge >= 0.3 is 5.97 Å². The summed E-state index contributed by atoms with van der Waals surface area (Å²) in [4.78, 5) is 10.6. The molecular weight excluding hydrogens is 292 g/mol. The lowest BCUT2D eigenvalue weighted by molar-refractivity contribution is -0.144. The second-order valence-electron chi connectivity index (χ2n) is 6.67. The lowest BCUT2D eigenvalue weighted by Gasteiger charge is -2.15. The van der Waals surface area contributed by atoms with Crippen LogP contribution in [0.4, 0.5) is 0 Å². The molecule has 0 aliphatic rings. The summed E-state index contributed by atoms with van der Waals surface area (Å²) in [6, 6.07) is 0. The highest BCUT2D eigenvalue weighted by molar-refractivity contribution is 5.65. The average molecular weight is 331 g/mol. The maximum atomic E-state index is 10.6. The number of hydrogen-bond donors (Lipinski definition) is 2. The van der Waals surface area contributed by atoms with Crippen molar-refractivity contribution < 1.29 is 19.7 Å². The second-order valence-corrected chi connectivity index (χ2v) is 6.67. The van der Waals surface area contributed by atoms with Gasteiger partial charge in [-0.05, 0) is 6.42 Å². The molecule has 4 nitrogen and oxygen atoms in total. The van der Waals surface area contributed by atoms with Crippen LogP contribution in [-0.4, -0.2) is 35.0 Å². The minimum atomic E-state index is -0.762. The van der Waals surface area contributed by atoms with Gasteiger partial charge in [-0.1, -0.05) is 77.6 Å². The number of hydrogen-bond acceptors (Lipinski definition) is 4. The van der Waals surface area contributed by atoms with Crippen LogP contribution in [0.1, 0.15) is 97.3 Å². The van der Waals surface area contributed by atoms with Crippen LogP contribution in [0.15, 0.2) is 0 Å². The zero-order chi connectivity index (χ0) is 17.3. The van der Waals surface area contributed by atoms with Gasteiger partial charge < -0.3 is 14.9 Å². The normalized spacial score (nSPS) is 13.7. The van der Waals surface area contributed by atoms with Crippen LogP contribution in [0.5, 0.6) is 0 Å². The Kier molecular flexibility index (Phi) is 15.8. The van der Waals surface area contributed by atoms with Crippen molar-refractivity contribution in [2.45, 2.75) is 110 Å². The minimum Gasteiger partial charge on any atom is -0.463 e. The smallest absolute Gasteiger partial charge is 0.302 e. The van der Waals surface area contributed by atoms with Crippen LogP contribution >= 0.6 is 0 Å². The topological polar surface area (TPSA) is 66.8 Å². The monoisotopic (exact) mass is 330 g/mol. The molecule has 0 unspecified atom stereocenters. The molecule has 2 N–H and O–H groups in total. The zero-order valence-corrected chi connectivity index (χ0v) is 15.3. The van der Waals surface area contributed by atoms with Gasteiger partial charge in [0.1, 0.15) is 6.61 Å². The molecule has 0 aromatic carbocycles. The van der Waals surface area contributed by atoms with Crippen molar-refractivity contribution in [2.24, 2.45) is 0 Å². The van der Waals surface area contributed by atoms with Gasteiger partial charge in [0.25, 0.3) is 0 Å². The fraction of sp³-hybridized carbons (Fsp3) is 0.947. The van der Waals surface area contributed by atoms with Gasteiger partial charge in [-0.25, -0.2) is 0 Å². The van der Waals surface area contributed by atoms with Crippen molar-refractivity contribution in [3.05, 3.63) is 0 Å². The molecule has 4 heteroatoms. The first-order valence-corrected chi connectivity index (χ1v) is 9.55. The Labute approximate surface area is 142 Å². The number of ether oxygens (including phenoxy) is 1. The fourth-order valence-electron chi connectivity index (χ4n) is 2.76. The summed E-state index contributed by atoms with van der Waals surface area (Å²) in [6.07, 6.45) is 13.9. The van der Waals surface area contributed by atoms with Crippen LogP contribution in [-0.2, 0) is 9.53 Å². The fourth-order valence-corrected chi connectivity index (χ4v) is 2.76. The Morgan fingerprint density at radius 3 is 1.78 bits per heavy atom. The molecule has 0 rings (SSSR count). The van der Waals surface area contributed by atoms with Crippen LogP contribution < -0.4 is 0 Å². The van der Waals surface area contributed by atoms with E-state index in [1.807, 2.05) is 0 Å². The van der Waals surface area contributed by atoms with Crippen LogP contribution in [0, 0.1) is 0 Å². The quantitative estimate of drug-likeness (QED) is 0.326. The molecule has 0 fully saturated rings. The number of carbonyl (C=O) groups is 1. The van der Waals surface area contributed by atoms with Crippen LogP contribution in [0.2, 0.25) is 0 Å². The van der Waals surface area contributed by atoms with Crippen LogP contribution in [0.3, 0.4) is 0 Å². The van der Waals surface area contributed by atoms with Crippen LogP contribution in [0.25, 0.3) is 0 Å². The van der Waals surface area contributed by atoms with E-state index in [1.54, 1.807) is 0 Å². The molecular formula is C19H38O4. The predicted octanol–water partition coefficient (Wildman–Crippen LogP) is 4.36. The summed E-state index contributed by atoms with van der Waals surface area (Å²) >= 11 is 0. The number of carbonyl (C=O) groups excluding carboxylic acids is 1. The Morgan fingerprint density at radius 1 is 0.826 bits per heavy atom. The van der Waals surface area contributed by atoms with E-state index in [-0.39, 0.29) is 13.0 Å². The van der Waals surface area contributed by atoms with Gasteiger partial charge in [-0.3, -0.25) is 4.79 Å². The Balaban J connectivity index is 3.29. The van der Waals surface area contributed by atoms with E-state index in [2.05, 4.69) is 6.92 Å². The van der Waals surface area contributed by atoms with Gasteiger partial charge in [-0.2, -0.15) is 0 Å². The summed E-state index contributed by atoms with van der Waals surface area (Å²) in [5.41, 5.74) is 0. The third-order valence-electron chi connectivity index (χ3n) is 4.16. The molecule has 0 aliphatic heterocycles. The Bertz CT molecular complexity index is 268. The van der Waals surface area contributed by atoms with Gasteiger partial charge in [0.2, 0.25) is 0 Å². The maximum absolute atomic E-state index is 10.6.